The van der Waals surface area contributed by atoms with E-state index in [1.807, 2.05) is 5.32 Å². The summed E-state index contributed by atoms with van der Waals surface area (Å²) in [6, 6.07) is 5.15. The minimum Gasteiger partial charge on any atom is -0.316 e. The monoisotopic (exact) mass is 286 g/mol. The molecule has 2 aromatic rings. The maximum atomic E-state index is 13.3. The van der Waals surface area contributed by atoms with E-state index < -0.39 is 29.0 Å². The molecule has 1 aromatic carbocycles. The fourth-order valence-corrected chi connectivity index (χ4v) is 1.54. The average Bonchev–Trinajstić information content (AvgIpc) is 2.33. The molecule has 0 radical (unpaired) electrons. The first-order chi connectivity index (χ1) is 8.97. The van der Waals surface area contributed by atoms with Gasteiger partial charge in [-0.3, -0.25) is 4.79 Å². The van der Waals surface area contributed by atoms with Gasteiger partial charge in [0.05, 0.1) is 0 Å². The van der Waals surface area contributed by atoms with Gasteiger partial charge in [0.15, 0.2) is 11.6 Å². The fraction of sp³-hybridized carbons (Fsp3) is 0. The molecule has 1 heterocycles. The van der Waals surface area contributed by atoms with E-state index in [-0.39, 0.29) is 10.8 Å². The van der Waals surface area contributed by atoms with E-state index in [4.69, 9.17) is 11.6 Å². The van der Waals surface area contributed by atoms with Crippen LogP contribution in [0.3, 0.4) is 0 Å². The van der Waals surface area contributed by atoms with Crippen molar-refractivity contribution in [2.75, 3.05) is 5.32 Å². The molecule has 0 aliphatic heterocycles. The third-order valence-corrected chi connectivity index (χ3v) is 2.40. The average molecular weight is 287 g/mol. The van der Waals surface area contributed by atoms with E-state index in [1.165, 1.54) is 18.2 Å². The first-order valence-electron chi connectivity index (χ1n) is 5.06. The number of aromatic nitrogens is 1. The zero-order valence-electron chi connectivity index (χ0n) is 9.25. The zero-order valence-corrected chi connectivity index (χ0v) is 10.0. The van der Waals surface area contributed by atoms with Crippen LogP contribution in [-0.4, -0.2) is 10.9 Å². The Hall–Kier alpha value is -2.08. The molecule has 98 valence electrons. The van der Waals surface area contributed by atoms with Crippen LogP contribution in [-0.2, 0) is 0 Å². The largest absolute Gasteiger partial charge is 0.316 e. The Kier molecular flexibility index (Phi) is 3.71. The molecule has 0 saturated heterocycles. The second-order valence-corrected chi connectivity index (χ2v) is 3.93. The second kappa shape index (κ2) is 5.27. The van der Waals surface area contributed by atoms with Gasteiger partial charge >= 0.3 is 0 Å². The predicted molar refractivity (Wildman–Crippen MR) is 63.5 cm³/mol. The number of nitrogens with zero attached hydrogens (tertiary/aromatic N) is 1. The van der Waals surface area contributed by atoms with Gasteiger partial charge in [-0.1, -0.05) is 17.7 Å². The molecule has 0 bridgehead atoms. The smallest absolute Gasteiger partial charge is 0.274 e. The molecule has 1 aromatic heterocycles. The molecule has 2 rings (SSSR count). The Bertz CT molecular complexity index is 626. The van der Waals surface area contributed by atoms with Crippen molar-refractivity contribution in [3.63, 3.8) is 0 Å². The minimum absolute atomic E-state index is 0.0627. The molecule has 0 aliphatic carbocycles. The highest BCUT2D eigenvalue weighted by atomic mass is 35.5. The zero-order chi connectivity index (χ0) is 14.0. The van der Waals surface area contributed by atoms with E-state index >= 15 is 0 Å². The van der Waals surface area contributed by atoms with Gasteiger partial charge < -0.3 is 5.32 Å². The summed E-state index contributed by atoms with van der Waals surface area (Å²) in [5, 5.41) is 2.04. The lowest BCUT2D eigenvalue weighted by Gasteiger charge is -2.07. The van der Waals surface area contributed by atoms with Gasteiger partial charge in [-0.15, -0.1) is 0 Å². The number of hydrogen-bond acceptors (Lipinski definition) is 2. The molecular weight excluding hydrogens is 281 g/mol. The summed E-state index contributed by atoms with van der Waals surface area (Å²) in [6.07, 6.45) is 0. The number of carbonyl (C=O) groups is 1. The van der Waals surface area contributed by atoms with Crippen LogP contribution in [0.1, 0.15) is 10.5 Å². The lowest BCUT2D eigenvalue weighted by Crippen LogP contribution is -2.16. The number of hydrogen-bond donors (Lipinski definition) is 1. The van der Waals surface area contributed by atoms with Crippen LogP contribution in [0.15, 0.2) is 30.3 Å². The van der Waals surface area contributed by atoms with E-state index in [2.05, 4.69) is 4.98 Å². The molecule has 0 aliphatic rings. The van der Waals surface area contributed by atoms with Gasteiger partial charge in [0.2, 0.25) is 0 Å². The molecule has 0 spiro atoms. The lowest BCUT2D eigenvalue weighted by molar-refractivity contribution is 0.102. The van der Waals surface area contributed by atoms with Crippen molar-refractivity contribution in [1.82, 2.24) is 4.98 Å². The maximum absolute atomic E-state index is 13.3. The molecule has 0 fully saturated rings. The Morgan fingerprint density at radius 2 is 1.79 bits per heavy atom. The minimum atomic E-state index is -1.21. The van der Waals surface area contributed by atoms with Crippen LogP contribution in [0.5, 0.6) is 0 Å². The normalized spacial score (nSPS) is 10.3. The second-order valence-electron chi connectivity index (χ2n) is 3.54. The van der Waals surface area contributed by atoms with Gasteiger partial charge in [0, 0.05) is 12.1 Å². The topological polar surface area (TPSA) is 42.0 Å². The van der Waals surface area contributed by atoms with Gasteiger partial charge in [-0.2, -0.15) is 0 Å². The van der Waals surface area contributed by atoms with Crippen LogP contribution < -0.4 is 5.32 Å². The molecule has 7 heteroatoms. The molecule has 0 unspecified atom stereocenters. The van der Waals surface area contributed by atoms with Crippen molar-refractivity contribution in [3.05, 3.63) is 58.6 Å². The molecule has 0 atom stereocenters. The van der Waals surface area contributed by atoms with Crippen LogP contribution in [0.25, 0.3) is 0 Å². The Morgan fingerprint density at radius 3 is 2.37 bits per heavy atom. The number of amides is 1. The highest BCUT2D eigenvalue weighted by Crippen LogP contribution is 2.20. The first kappa shape index (κ1) is 13.4. The summed E-state index contributed by atoms with van der Waals surface area (Å²) < 4.78 is 39.4. The quantitative estimate of drug-likeness (QED) is 0.860. The van der Waals surface area contributed by atoms with E-state index in [1.54, 1.807) is 0 Å². The van der Waals surface area contributed by atoms with E-state index in [9.17, 15) is 18.0 Å². The van der Waals surface area contributed by atoms with Crippen molar-refractivity contribution < 1.29 is 18.0 Å². The van der Waals surface area contributed by atoms with Crippen LogP contribution in [0.4, 0.5) is 18.9 Å². The van der Waals surface area contributed by atoms with E-state index in [0.29, 0.717) is 12.1 Å². The summed E-state index contributed by atoms with van der Waals surface area (Å²) in [7, 11) is 0. The summed E-state index contributed by atoms with van der Waals surface area (Å²) in [5.41, 5.74) is -0.858. The third kappa shape index (κ3) is 3.03. The standard InChI is InChI=1S/C12H6ClF3N2O/c13-10-3-1-2-9(17-10)12(19)18-11-7(15)4-6(14)5-8(11)16/h1-5H,(H,18,19). The first-order valence-corrected chi connectivity index (χ1v) is 5.43. The molecule has 19 heavy (non-hydrogen) atoms. The molecule has 0 saturated carbocycles. The summed E-state index contributed by atoms with van der Waals surface area (Å²) in [5.74, 6) is -4.36. The molecule has 3 nitrogen and oxygen atoms in total. The van der Waals surface area contributed by atoms with Crippen molar-refractivity contribution in [2.45, 2.75) is 0 Å². The van der Waals surface area contributed by atoms with Crippen molar-refractivity contribution in [1.29, 1.82) is 0 Å². The molecule has 1 N–H and O–H groups in total. The Labute approximate surface area is 111 Å². The van der Waals surface area contributed by atoms with Gasteiger partial charge in [0.1, 0.15) is 22.4 Å². The number of anilines is 1. The number of nitrogens with one attached hydrogen (secondary N) is 1. The Morgan fingerprint density at radius 1 is 1.16 bits per heavy atom. The predicted octanol–water partition coefficient (Wildman–Crippen LogP) is 3.40. The molecular formula is C12H6ClF3N2O. The van der Waals surface area contributed by atoms with Crippen molar-refractivity contribution >= 4 is 23.2 Å². The lowest BCUT2D eigenvalue weighted by atomic mass is 10.2. The molecule has 1 amide bonds. The van der Waals surface area contributed by atoms with E-state index in [0.717, 1.165) is 0 Å². The number of halogens is 4. The van der Waals surface area contributed by atoms with Gasteiger partial charge in [0.25, 0.3) is 5.91 Å². The summed E-state index contributed by atoms with van der Waals surface area (Å²) in [4.78, 5) is 15.4. The van der Waals surface area contributed by atoms with Gasteiger partial charge in [-0.05, 0) is 12.1 Å². The third-order valence-electron chi connectivity index (χ3n) is 2.19. The van der Waals surface area contributed by atoms with Gasteiger partial charge in [-0.25, -0.2) is 18.2 Å². The maximum Gasteiger partial charge on any atom is 0.274 e. The number of benzene rings is 1. The summed E-state index contributed by atoms with van der Waals surface area (Å²) >= 11 is 5.59. The summed E-state index contributed by atoms with van der Waals surface area (Å²) in [6.45, 7) is 0. The van der Waals surface area contributed by atoms with Crippen LogP contribution in [0, 0.1) is 17.5 Å². The highest BCUT2D eigenvalue weighted by Gasteiger charge is 2.16. The number of rotatable bonds is 2. The van der Waals surface area contributed by atoms with Crippen LogP contribution >= 0.6 is 11.6 Å². The van der Waals surface area contributed by atoms with Crippen molar-refractivity contribution in [2.24, 2.45) is 0 Å². The number of carbonyl (C=O) groups excluding carboxylic acids is 1. The highest BCUT2D eigenvalue weighted by molar-refractivity contribution is 6.29. The van der Waals surface area contributed by atoms with Crippen molar-refractivity contribution in [3.8, 4) is 0 Å². The van der Waals surface area contributed by atoms with Crippen LogP contribution in [0.2, 0.25) is 5.15 Å². The SMILES string of the molecule is O=C(Nc1c(F)cc(F)cc1F)c1cccc(Cl)n1. The Balaban J connectivity index is 2.29. The number of pyridine rings is 1. The fourth-order valence-electron chi connectivity index (χ4n) is 1.37.